The van der Waals surface area contributed by atoms with Crippen LogP contribution < -0.4 is 4.74 Å². The Kier molecular flexibility index (Phi) is 5.32. The molecule has 0 aliphatic rings. The Labute approximate surface area is 120 Å². The van der Waals surface area contributed by atoms with Gasteiger partial charge in [0, 0.05) is 5.88 Å². The summed E-state index contributed by atoms with van der Waals surface area (Å²) >= 11 is 5.52. The van der Waals surface area contributed by atoms with Gasteiger partial charge >= 0.3 is 0 Å². The van der Waals surface area contributed by atoms with E-state index in [1.54, 1.807) is 0 Å². The molecule has 0 fully saturated rings. The molecule has 106 valence electrons. The highest BCUT2D eigenvalue weighted by Crippen LogP contribution is 2.24. The SMILES string of the molecule is Fc1cc(CCl)cc(F)c1OCOCc1ccccc1. The number of benzene rings is 2. The zero-order valence-corrected chi connectivity index (χ0v) is 11.4. The molecule has 2 aromatic rings. The van der Waals surface area contributed by atoms with Crippen molar-refractivity contribution in [1.29, 1.82) is 0 Å². The van der Waals surface area contributed by atoms with E-state index < -0.39 is 17.4 Å². The van der Waals surface area contributed by atoms with Gasteiger partial charge in [-0.05, 0) is 23.3 Å². The van der Waals surface area contributed by atoms with Crippen molar-refractivity contribution >= 4 is 11.6 Å². The second-order valence-electron chi connectivity index (χ2n) is 4.12. The van der Waals surface area contributed by atoms with Crippen LogP contribution >= 0.6 is 11.6 Å². The normalized spacial score (nSPS) is 10.6. The molecule has 0 N–H and O–H groups in total. The van der Waals surface area contributed by atoms with Gasteiger partial charge in [-0.25, -0.2) is 8.78 Å². The Morgan fingerprint density at radius 1 is 0.950 bits per heavy atom. The van der Waals surface area contributed by atoms with E-state index in [0.29, 0.717) is 12.2 Å². The summed E-state index contributed by atoms with van der Waals surface area (Å²) in [5, 5.41) is 0. The first-order chi connectivity index (χ1) is 9.70. The molecule has 0 amide bonds. The van der Waals surface area contributed by atoms with Crippen LogP contribution in [0.5, 0.6) is 5.75 Å². The molecule has 0 aromatic heterocycles. The molecule has 0 atom stereocenters. The van der Waals surface area contributed by atoms with Crippen LogP contribution in [0, 0.1) is 11.6 Å². The molecule has 20 heavy (non-hydrogen) atoms. The fourth-order valence-corrected chi connectivity index (χ4v) is 1.82. The Morgan fingerprint density at radius 3 is 2.20 bits per heavy atom. The predicted octanol–water partition coefficient (Wildman–Crippen LogP) is 4.26. The summed E-state index contributed by atoms with van der Waals surface area (Å²) in [6, 6.07) is 11.7. The molecule has 2 nitrogen and oxygen atoms in total. The first-order valence-corrected chi connectivity index (χ1v) is 6.52. The number of hydrogen-bond acceptors (Lipinski definition) is 2. The van der Waals surface area contributed by atoms with Crippen LogP contribution in [0.3, 0.4) is 0 Å². The lowest BCUT2D eigenvalue weighted by Gasteiger charge is -2.10. The number of alkyl halides is 1. The molecular formula is C15H13ClF2O2. The quantitative estimate of drug-likeness (QED) is 0.451. The third-order valence-electron chi connectivity index (χ3n) is 2.61. The molecule has 0 spiro atoms. The summed E-state index contributed by atoms with van der Waals surface area (Å²) in [6.07, 6.45) is 0. The van der Waals surface area contributed by atoms with Crippen molar-refractivity contribution in [2.24, 2.45) is 0 Å². The number of hydrogen-bond donors (Lipinski definition) is 0. The lowest BCUT2D eigenvalue weighted by atomic mass is 10.2. The standard InChI is InChI=1S/C15H13ClF2O2/c16-8-12-6-13(17)15(14(18)7-12)20-10-19-9-11-4-2-1-3-5-11/h1-7H,8-10H2. The Balaban J connectivity index is 1.88. The van der Waals surface area contributed by atoms with E-state index in [-0.39, 0.29) is 12.7 Å². The Bertz CT molecular complexity index is 538. The summed E-state index contributed by atoms with van der Waals surface area (Å²) in [5.74, 6) is -1.99. The Morgan fingerprint density at radius 2 is 1.60 bits per heavy atom. The monoisotopic (exact) mass is 298 g/mol. The van der Waals surface area contributed by atoms with Crippen LogP contribution in [0.15, 0.2) is 42.5 Å². The van der Waals surface area contributed by atoms with E-state index >= 15 is 0 Å². The largest absolute Gasteiger partial charge is 0.461 e. The molecule has 0 bridgehead atoms. The zero-order valence-electron chi connectivity index (χ0n) is 10.6. The van der Waals surface area contributed by atoms with E-state index in [0.717, 1.165) is 17.7 Å². The topological polar surface area (TPSA) is 18.5 Å². The molecule has 2 aromatic carbocycles. The predicted molar refractivity (Wildman–Crippen MR) is 72.6 cm³/mol. The number of ether oxygens (including phenoxy) is 2. The van der Waals surface area contributed by atoms with Gasteiger partial charge in [0.1, 0.15) is 0 Å². The Hall–Kier alpha value is -1.65. The van der Waals surface area contributed by atoms with Gasteiger partial charge in [0.05, 0.1) is 6.61 Å². The van der Waals surface area contributed by atoms with Gasteiger partial charge in [-0.1, -0.05) is 30.3 Å². The minimum absolute atomic E-state index is 0.0403. The first-order valence-electron chi connectivity index (χ1n) is 5.99. The van der Waals surface area contributed by atoms with E-state index in [9.17, 15) is 8.78 Å². The maximum absolute atomic E-state index is 13.6. The van der Waals surface area contributed by atoms with E-state index in [4.69, 9.17) is 21.1 Å². The summed E-state index contributed by atoms with van der Waals surface area (Å²) in [7, 11) is 0. The fraction of sp³-hybridized carbons (Fsp3) is 0.200. The fourth-order valence-electron chi connectivity index (χ4n) is 1.66. The van der Waals surface area contributed by atoms with E-state index in [1.807, 2.05) is 30.3 Å². The first kappa shape index (κ1) is 14.8. The average molecular weight is 299 g/mol. The van der Waals surface area contributed by atoms with Crippen LogP contribution in [0.25, 0.3) is 0 Å². The molecule has 0 aliphatic carbocycles. The van der Waals surface area contributed by atoms with E-state index in [2.05, 4.69) is 0 Å². The van der Waals surface area contributed by atoms with Gasteiger partial charge in [-0.2, -0.15) is 0 Å². The highest BCUT2D eigenvalue weighted by molar-refractivity contribution is 6.17. The highest BCUT2D eigenvalue weighted by atomic mass is 35.5. The summed E-state index contributed by atoms with van der Waals surface area (Å²) < 4.78 is 37.3. The second kappa shape index (κ2) is 7.22. The molecule has 0 saturated heterocycles. The van der Waals surface area contributed by atoms with Gasteiger partial charge in [0.15, 0.2) is 24.2 Å². The molecule has 5 heteroatoms. The van der Waals surface area contributed by atoms with Gasteiger partial charge in [0.25, 0.3) is 0 Å². The third kappa shape index (κ3) is 3.92. The second-order valence-corrected chi connectivity index (χ2v) is 4.39. The lowest BCUT2D eigenvalue weighted by molar-refractivity contribution is 0.000847. The summed E-state index contributed by atoms with van der Waals surface area (Å²) in [6.45, 7) is 0.0762. The van der Waals surface area contributed by atoms with Crippen LogP contribution in [0.4, 0.5) is 8.78 Å². The number of halogens is 3. The lowest BCUT2D eigenvalue weighted by Crippen LogP contribution is -2.06. The van der Waals surface area contributed by atoms with Gasteiger partial charge < -0.3 is 9.47 Å². The third-order valence-corrected chi connectivity index (χ3v) is 2.92. The summed E-state index contributed by atoms with van der Waals surface area (Å²) in [5.41, 5.74) is 1.31. The van der Waals surface area contributed by atoms with Crippen LogP contribution in [-0.2, 0) is 17.2 Å². The molecule has 0 aliphatic heterocycles. The zero-order chi connectivity index (χ0) is 14.4. The van der Waals surface area contributed by atoms with Crippen molar-refractivity contribution in [2.45, 2.75) is 12.5 Å². The highest BCUT2D eigenvalue weighted by Gasteiger charge is 2.12. The maximum atomic E-state index is 13.6. The molecule has 0 radical (unpaired) electrons. The van der Waals surface area contributed by atoms with E-state index in [1.165, 1.54) is 0 Å². The van der Waals surface area contributed by atoms with Crippen molar-refractivity contribution in [1.82, 2.24) is 0 Å². The van der Waals surface area contributed by atoms with Crippen molar-refractivity contribution in [3.63, 3.8) is 0 Å². The van der Waals surface area contributed by atoms with Crippen molar-refractivity contribution in [3.05, 3.63) is 65.2 Å². The maximum Gasteiger partial charge on any atom is 0.193 e. The minimum atomic E-state index is -0.788. The van der Waals surface area contributed by atoms with Gasteiger partial charge in [-0.15, -0.1) is 11.6 Å². The van der Waals surface area contributed by atoms with Gasteiger partial charge in [-0.3, -0.25) is 0 Å². The van der Waals surface area contributed by atoms with Crippen LogP contribution in [0.1, 0.15) is 11.1 Å². The number of rotatable bonds is 6. The molecule has 0 unspecified atom stereocenters. The van der Waals surface area contributed by atoms with Crippen molar-refractivity contribution in [2.75, 3.05) is 6.79 Å². The van der Waals surface area contributed by atoms with Crippen molar-refractivity contribution in [3.8, 4) is 5.75 Å². The van der Waals surface area contributed by atoms with Crippen molar-refractivity contribution < 1.29 is 18.3 Å². The average Bonchev–Trinajstić information content (AvgIpc) is 2.46. The molecule has 0 heterocycles. The molecular weight excluding hydrogens is 286 g/mol. The molecule has 0 saturated carbocycles. The minimum Gasteiger partial charge on any atom is -0.461 e. The van der Waals surface area contributed by atoms with Crippen LogP contribution in [-0.4, -0.2) is 6.79 Å². The van der Waals surface area contributed by atoms with Crippen LogP contribution in [0.2, 0.25) is 0 Å². The summed E-state index contributed by atoms with van der Waals surface area (Å²) in [4.78, 5) is 0. The smallest absolute Gasteiger partial charge is 0.193 e. The van der Waals surface area contributed by atoms with Gasteiger partial charge in [0.2, 0.25) is 0 Å². The molecule has 2 rings (SSSR count).